The van der Waals surface area contributed by atoms with E-state index in [1.165, 1.54) is 0 Å². The van der Waals surface area contributed by atoms with Gasteiger partial charge in [0.1, 0.15) is 0 Å². The van der Waals surface area contributed by atoms with Crippen LogP contribution in [0.4, 0.5) is 0 Å². The summed E-state index contributed by atoms with van der Waals surface area (Å²) in [6.45, 7) is 4.33. The van der Waals surface area contributed by atoms with Gasteiger partial charge in [-0.3, -0.25) is 4.79 Å². The van der Waals surface area contributed by atoms with E-state index in [-0.39, 0.29) is 5.78 Å². The first-order valence-corrected chi connectivity index (χ1v) is 9.57. The first-order chi connectivity index (χ1) is 13.1. The molecule has 3 heteroatoms. The minimum absolute atomic E-state index is 0.0304. The molecule has 1 fully saturated rings. The normalized spacial score (nSPS) is 23.9. The molecule has 0 spiro atoms. The van der Waals surface area contributed by atoms with Gasteiger partial charge in [-0.25, -0.2) is 0 Å². The summed E-state index contributed by atoms with van der Waals surface area (Å²) in [7, 11) is 0. The van der Waals surface area contributed by atoms with Gasteiger partial charge in [0.05, 0.1) is 11.5 Å². The first kappa shape index (κ1) is 19.3. The Hall–Kier alpha value is -2.49. The van der Waals surface area contributed by atoms with E-state index in [0.29, 0.717) is 13.0 Å². The van der Waals surface area contributed by atoms with Crippen LogP contribution in [-0.4, -0.2) is 41.0 Å². The number of nitrogens with zero attached hydrogens (tertiary/aromatic N) is 1. The molecule has 1 aliphatic rings. The van der Waals surface area contributed by atoms with Crippen LogP contribution in [0.1, 0.15) is 24.5 Å². The van der Waals surface area contributed by atoms with Gasteiger partial charge in [-0.05, 0) is 30.2 Å². The van der Waals surface area contributed by atoms with Crippen LogP contribution in [0.15, 0.2) is 72.8 Å². The summed E-state index contributed by atoms with van der Waals surface area (Å²) in [4.78, 5) is 15.2. The third kappa shape index (κ3) is 5.03. The minimum atomic E-state index is -1.13. The van der Waals surface area contributed by atoms with Crippen LogP contribution < -0.4 is 0 Å². The van der Waals surface area contributed by atoms with Gasteiger partial charge >= 0.3 is 0 Å². The van der Waals surface area contributed by atoms with E-state index in [1.54, 1.807) is 6.08 Å². The second kappa shape index (κ2) is 8.94. The highest BCUT2D eigenvalue weighted by Crippen LogP contribution is 2.31. The zero-order valence-electron chi connectivity index (χ0n) is 15.8. The van der Waals surface area contributed by atoms with Gasteiger partial charge in [-0.15, -0.1) is 0 Å². The molecule has 0 radical (unpaired) electrons. The third-order valence-electron chi connectivity index (χ3n) is 5.27. The largest absolute Gasteiger partial charge is 0.385 e. The number of carbonyl (C=O) groups excluding carboxylic acids is 1. The Balaban J connectivity index is 1.81. The van der Waals surface area contributed by atoms with Gasteiger partial charge in [0.25, 0.3) is 0 Å². The van der Waals surface area contributed by atoms with Crippen LogP contribution in [0.5, 0.6) is 0 Å². The van der Waals surface area contributed by atoms with Crippen LogP contribution in [-0.2, 0) is 4.79 Å². The van der Waals surface area contributed by atoms with Crippen LogP contribution in [0.25, 0.3) is 12.2 Å². The number of allylic oxidation sites excluding steroid dienone is 1. The molecule has 2 atom stereocenters. The van der Waals surface area contributed by atoms with Crippen molar-refractivity contribution in [2.75, 3.05) is 19.6 Å². The zero-order chi connectivity index (χ0) is 19.1. The number of piperidine rings is 1. The SMILES string of the molecule is CCN1CC[C@@](O)(/C=C/c2ccccc2)[C@H](C(=O)/C=C/c2ccccc2)C1. The molecule has 2 aromatic rings. The molecule has 0 bridgehead atoms. The quantitative estimate of drug-likeness (QED) is 0.789. The fraction of sp³-hybridized carbons (Fsp3) is 0.292. The molecule has 3 rings (SSSR count). The third-order valence-corrected chi connectivity index (χ3v) is 5.27. The van der Waals surface area contributed by atoms with Gasteiger partial charge < -0.3 is 10.0 Å². The highest BCUT2D eigenvalue weighted by molar-refractivity contribution is 5.96. The van der Waals surface area contributed by atoms with Crippen molar-refractivity contribution in [1.29, 1.82) is 0 Å². The van der Waals surface area contributed by atoms with Crippen LogP contribution in [0, 0.1) is 5.92 Å². The van der Waals surface area contributed by atoms with Crippen molar-refractivity contribution in [1.82, 2.24) is 4.90 Å². The molecule has 0 aliphatic carbocycles. The number of ketones is 1. The highest BCUT2D eigenvalue weighted by Gasteiger charge is 2.42. The average molecular weight is 361 g/mol. The van der Waals surface area contributed by atoms with E-state index in [1.807, 2.05) is 78.9 Å². The minimum Gasteiger partial charge on any atom is -0.385 e. The lowest BCUT2D eigenvalue weighted by Gasteiger charge is -2.41. The van der Waals surface area contributed by atoms with Crippen molar-refractivity contribution in [2.24, 2.45) is 5.92 Å². The van der Waals surface area contributed by atoms with Gasteiger partial charge in [0, 0.05) is 13.1 Å². The Morgan fingerprint density at radius 2 is 1.67 bits per heavy atom. The standard InChI is InChI=1S/C24H27NO2/c1-2-25-18-17-24(27,16-15-21-11-7-4-8-12-21)22(19-25)23(26)14-13-20-9-5-3-6-10-20/h3-16,22,27H,2,17-19H2,1H3/b14-13+,16-15+/t22-,24-/m0/s1. The van der Waals surface area contributed by atoms with Crippen LogP contribution in [0.3, 0.4) is 0 Å². The van der Waals surface area contributed by atoms with Crippen molar-refractivity contribution in [3.8, 4) is 0 Å². The molecular formula is C24H27NO2. The molecule has 1 N–H and O–H groups in total. The molecule has 0 saturated carbocycles. The second-order valence-corrected chi connectivity index (χ2v) is 7.08. The number of rotatable bonds is 6. The molecule has 1 aliphatic heterocycles. The predicted molar refractivity (Wildman–Crippen MR) is 111 cm³/mol. The van der Waals surface area contributed by atoms with Gasteiger partial charge in [0.2, 0.25) is 0 Å². The molecule has 2 aromatic carbocycles. The number of hydrogen-bond acceptors (Lipinski definition) is 3. The summed E-state index contributed by atoms with van der Waals surface area (Å²) in [5.41, 5.74) is 0.881. The maximum absolute atomic E-state index is 13.0. The van der Waals surface area contributed by atoms with E-state index >= 15 is 0 Å². The molecule has 3 nitrogen and oxygen atoms in total. The molecule has 140 valence electrons. The number of aliphatic hydroxyl groups is 1. The van der Waals surface area contributed by atoms with Crippen molar-refractivity contribution in [3.05, 3.63) is 83.9 Å². The first-order valence-electron chi connectivity index (χ1n) is 9.57. The summed E-state index contributed by atoms with van der Waals surface area (Å²) in [6.07, 6.45) is 7.73. The average Bonchev–Trinajstić information content (AvgIpc) is 2.72. The lowest BCUT2D eigenvalue weighted by Crippen LogP contribution is -2.53. The molecular weight excluding hydrogens is 334 g/mol. The summed E-state index contributed by atoms with van der Waals surface area (Å²) < 4.78 is 0. The molecule has 1 saturated heterocycles. The Morgan fingerprint density at radius 3 is 2.26 bits per heavy atom. The second-order valence-electron chi connectivity index (χ2n) is 7.08. The molecule has 0 amide bonds. The smallest absolute Gasteiger partial charge is 0.163 e. The topological polar surface area (TPSA) is 40.5 Å². The fourth-order valence-corrected chi connectivity index (χ4v) is 3.51. The van der Waals surface area contributed by atoms with Gasteiger partial charge in [-0.2, -0.15) is 0 Å². The summed E-state index contributed by atoms with van der Waals surface area (Å²) in [6, 6.07) is 19.7. The Labute approximate surface area is 161 Å². The summed E-state index contributed by atoms with van der Waals surface area (Å²) >= 11 is 0. The lowest BCUT2D eigenvalue weighted by molar-refractivity contribution is -0.129. The summed E-state index contributed by atoms with van der Waals surface area (Å²) in [5.74, 6) is -0.497. The number of benzene rings is 2. The monoisotopic (exact) mass is 361 g/mol. The van der Waals surface area contributed by atoms with E-state index in [4.69, 9.17) is 0 Å². The van der Waals surface area contributed by atoms with Crippen molar-refractivity contribution < 1.29 is 9.90 Å². The van der Waals surface area contributed by atoms with Gasteiger partial charge in [0.15, 0.2) is 5.78 Å². The van der Waals surface area contributed by atoms with Crippen LogP contribution >= 0.6 is 0 Å². The van der Waals surface area contributed by atoms with Crippen molar-refractivity contribution >= 4 is 17.9 Å². The highest BCUT2D eigenvalue weighted by atomic mass is 16.3. The summed E-state index contributed by atoms with van der Waals surface area (Å²) in [5, 5.41) is 11.3. The Morgan fingerprint density at radius 1 is 1.07 bits per heavy atom. The Bertz CT molecular complexity index is 798. The number of likely N-dealkylation sites (tertiary alicyclic amines) is 1. The van der Waals surface area contributed by atoms with E-state index in [0.717, 1.165) is 24.2 Å². The predicted octanol–water partition coefficient (Wildman–Crippen LogP) is 4.06. The van der Waals surface area contributed by atoms with Crippen molar-refractivity contribution in [3.63, 3.8) is 0 Å². The lowest BCUT2D eigenvalue weighted by atomic mass is 9.77. The van der Waals surface area contributed by atoms with Gasteiger partial charge in [-0.1, -0.05) is 85.8 Å². The van der Waals surface area contributed by atoms with Crippen molar-refractivity contribution in [2.45, 2.75) is 18.9 Å². The molecule has 0 unspecified atom stereocenters. The van der Waals surface area contributed by atoms with E-state index < -0.39 is 11.5 Å². The maximum Gasteiger partial charge on any atom is 0.163 e. The molecule has 27 heavy (non-hydrogen) atoms. The molecule has 0 aromatic heterocycles. The van der Waals surface area contributed by atoms with E-state index in [9.17, 15) is 9.90 Å². The van der Waals surface area contributed by atoms with E-state index in [2.05, 4.69) is 11.8 Å². The molecule has 1 heterocycles. The fourth-order valence-electron chi connectivity index (χ4n) is 3.51. The number of carbonyl (C=O) groups is 1. The zero-order valence-corrected chi connectivity index (χ0v) is 15.8. The van der Waals surface area contributed by atoms with Crippen LogP contribution in [0.2, 0.25) is 0 Å². The Kier molecular flexibility index (Phi) is 6.38. The number of hydrogen-bond donors (Lipinski definition) is 1. The maximum atomic E-state index is 13.0.